The summed E-state index contributed by atoms with van der Waals surface area (Å²) < 4.78 is 0.907. The quantitative estimate of drug-likeness (QED) is 0.659. The number of hydrogen-bond acceptors (Lipinski definition) is 3. The zero-order valence-corrected chi connectivity index (χ0v) is 11.4. The van der Waals surface area contributed by atoms with Gasteiger partial charge in [0.15, 0.2) is 0 Å². The number of nitrogens with one attached hydrogen (secondary N) is 2. The van der Waals surface area contributed by atoms with Crippen LogP contribution in [0, 0.1) is 6.92 Å². The minimum Gasteiger partial charge on any atom is -0.370 e. The van der Waals surface area contributed by atoms with E-state index in [2.05, 4.69) is 37.9 Å². The summed E-state index contributed by atoms with van der Waals surface area (Å²) in [6.45, 7) is 6.60. The van der Waals surface area contributed by atoms with Crippen LogP contribution in [0.5, 0.6) is 0 Å². The molecule has 0 aliphatic carbocycles. The third-order valence-electron chi connectivity index (χ3n) is 2.14. The zero-order valence-electron chi connectivity index (χ0n) is 9.22. The van der Waals surface area contributed by atoms with Crippen LogP contribution in [0.25, 0.3) is 0 Å². The van der Waals surface area contributed by atoms with Gasteiger partial charge in [-0.2, -0.15) is 0 Å². The molecular formula is C10H16IN3O. The lowest BCUT2D eigenvalue weighted by molar-refractivity contribution is 0.840. The number of halogens is 1. The van der Waals surface area contributed by atoms with Crippen LogP contribution in [0.4, 0.5) is 5.82 Å². The van der Waals surface area contributed by atoms with Crippen LogP contribution in [0.3, 0.4) is 0 Å². The van der Waals surface area contributed by atoms with Crippen LogP contribution >= 0.6 is 22.6 Å². The Morgan fingerprint density at radius 1 is 1.60 bits per heavy atom. The Bertz CT molecular complexity index is 389. The van der Waals surface area contributed by atoms with Crippen molar-refractivity contribution in [2.24, 2.45) is 0 Å². The third kappa shape index (κ3) is 2.93. The number of rotatable bonds is 4. The van der Waals surface area contributed by atoms with Gasteiger partial charge in [-0.3, -0.25) is 4.79 Å². The summed E-state index contributed by atoms with van der Waals surface area (Å²) in [4.78, 5) is 18.9. The van der Waals surface area contributed by atoms with Crippen molar-refractivity contribution in [3.05, 3.63) is 21.7 Å². The van der Waals surface area contributed by atoms with E-state index >= 15 is 0 Å². The first kappa shape index (κ1) is 12.5. The average Bonchev–Trinajstić information content (AvgIpc) is 2.16. The van der Waals surface area contributed by atoms with Gasteiger partial charge >= 0.3 is 0 Å². The molecule has 0 saturated carbocycles. The van der Waals surface area contributed by atoms with Crippen molar-refractivity contribution in [3.63, 3.8) is 0 Å². The number of alkyl halides is 1. The summed E-state index contributed by atoms with van der Waals surface area (Å²) in [6.07, 6.45) is 0. The molecule has 0 bridgehead atoms. The second-order valence-electron chi connectivity index (χ2n) is 3.50. The summed E-state index contributed by atoms with van der Waals surface area (Å²) >= 11 is 2.28. The maximum Gasteiger partial charge on any atom is 0.256 e. The van der Waals surface area contributed by atoms with Gasteiger partial charge in [0.2, 0.25) is 0 Å². The lowest BCUT2D eigenvalue weighted by Crippen LogP contribution is -2.21. The van der Waals surface area contributed by atoms with E-state index < -0.39 is 0 Å². The molecule has 5 heteroatoms. The van der Waals surface area contributed by atoms with Crippen molar-refractivity contribution < 1.29 is 0 Å². The van der Waals surface area contributed by atoms with Crippen LogP contribution in [0.15, 0.2) is 4.79 Å². The lowest BCUT2D eigenvalue weighted by Gasteiger charge is -2.13. The van der Waals surface area contributed by atoms with Gasteiger partial charge in [0, 0.05) is 11.0 Å². The molecule has 0 spiro atoms. The molecule has 1 aromatic rings. The second-order valence-corrected chi connectivity index (χ2v) is 4.38. The summed E-state index contributed by atoms with van der Waals surface area (Å²) in [5, 5.41) is 3.14. The fraction of sp³-hybridized carbons (Fsp3) is 0.600. The Morgan fingerprint density at radius 3 is 2.80 bits per heavy atom. The molecule has 1 aromatic heterocycles. The second kappa shape index (κ2) is 5.48. The SMILES string of the molecule is CCNc1nc(C)[nH]c(=O)c1C(C)CI. The normalized spacial score (nSPS) is 12.5. The van der Waals surface area contributed by atoms with Gasteiger partial charge in [0.25, 0.3) is 5.56 Å². The predicted octanol–water partition coefficient (Wildman–Crippen LogP) is 2.05. The zero-order chi connectivity index (χ0) is 11.4. The topological polar surface area (TPSA) is 57.8 Å². The standard InChI is InChI=1S/C10H16IN3O/c1-4-12-9-8(6(2)5-11)10(15)14-7(3)13-9/h6H,4-5H2,1-3H3,(H2,12,13,14,15). The first-order valence-corrected chi connectivity index (χ1v) is 6.53. The molecule has 15 heavy (non-hydrogen) atoms. The fourth-order valence-corrected chi connectivity index (χ4v) is 1.87. The van der Waals surface area contributed by atoms with Crippen molar-refractivity contribution >= 4 is 28.4 Å². The Hall–Kier alpha value is -0.590. The predicted molar refractivity (Wildman–Crippen MR) is 71.1 cm³/mol. The van der Waals surface area contributed by atoms with Gasteiger partial charge in [-0.1, -0.05) is 29.5 Å². The number of H-pyrrole nitrogens is 1. The molecule has 1 unspecified atom stereocenters. The molecular weight excluding hydrogens is 305 g/mol. The molecule has 0 aromatic carbocycles. The molecule has 1 atom stereocenters. The van der Waals surface area contributed by atoms with E-state index in [1.54, 1.807) is 6.92 Å². The molecule has 0 fully saturated rings. The fourth-order valence-electron chi connectivity index (χ4n) is 1.43. The van der Waals surface area contributed by atoms with E-state index in [9.17, 15) is 4.79 Å². The monoisotopic (exact) mass is 321 g/mol. The average molecular weight is 321 g/mol. The molecule has 1 rings (SSSR count). The highest BCUT2D eigenvalue weighted by Crippen LogP contribution is 2.20. The van der Waals surface area contributed by atoms with E-state index in [0.717, 1.165) is 22.4 Å². The summed E-state index contributed by atoms with van der Waals surface area (Å²) in [6, 6.07) is 0. The highest BCUT2D eigenvalue weighted by Gasteiger charge is 2.15. The van der Waals surface area contributed by atoms with Crippen molar-refractivity contribution in [3.8, 4) is 0 Å². The molecule has 1 heterocycles. The smallest absolute Gasteiger partial charge is 0.256 e. The van der Waals surface area contributed by atoms with E-state index in [0.29, 0.717) is 5.82 Å². The van der Waals surface area contributed by atoms with E-state index in [1.807, 2.05) is 13.8 Å². The van der Waals surface area contributed by atoms with E-state index in [1.165, 1.54) is 0 Å². The summed E-state index contributed by atoms with van der Waals surface area (Å²) in [5.41, 5.74) is 0.736. The maximum absolute atomic E-state index is 11.8. The summed E-state index contributed by atoms with van der Waals surface area (Å²) in [7, 11) is 0. The molecule has 0 aliphatic heterocycles. The molecule has 84 valence electrons. The highest BCUT2D eigenvalue weighted by molar-refractivity contribution is 14.1. The number of aromatic nitrogens is 2. The van der Waals surface area contributed by atoms with E-state index in [-0.39, 0.29) is 11.5 Å². The van der Waals surface area contributed by atoms with Crippen LogP contribution in [-0.2, 0) is 0 Å². The Labute approximate surface area is 103 Å². The number of aryl methyl sites for hydroxylation is 1. The molecule has 0 amide bonds. The number of aromatic amines is 1. The Kier molecular flexibility index (Phi) is 4.56. The van der Waals surface area contributed by atoms with Gasteiger partial charge in [0.05, 0.1) is 5.56 Å². The molecule has 0 radical (unpaired) electrons. The van der Waals surface area contributed by atoms with Gasteiger partial charge in [-0.15, -0.1) is 0 Å². The van der Waals surface area contributed by atoms with Crippen molar-refractivity contribution in [2.75, 3.05) is 16.3 Å². The molecule has 0 saturated heterocycles. The number of nitrogens with zero attached hydrogens (tertiary/aromatic N) is 1. The van der Waals surface area contributed by atoms with Crippen LogP contribution in [-0.4, -0.2) is 20.9 Å². The Balaban J connectivity index is 3.26. The van der Waals surface area contributed by atoms with Crippen LogP contribution in [0.2, 0.25) is 0 Å². The highest BCUT2D eigenvalue weighted by atomic mass is 127. The van der Waals surface area contributed by atoms with Crippen molar-refractivity contribution in [1.82, 2.24) is 9.97 Å². The van der Waals surface area contributed by atoms with Gasteiger partial charge < -0.3 is 10.3 Å². The van der Waals surface area contributed by atoms with Crippen molar-refractivity contribution in [2.45, 2.75) is 26.7 Å². The Morgan fingerprint density at radius 2 is 2.27 bits per heavy atom. The molecule has 2 N–H and O–H groups in total. The minimum atomic E-state index is -0.0254. The first-order valence-electron chi connectivity index (χ1n) is 5.00. The number of anilines is 1. The molecule has 4 nitrogen and oxygen atoms in total. The van der Waals surface area contributed by atoms with Gasteiger partial charge in [-0.25, -0.2) is 4.98 Å². The number of hydrogen-bond donors (Lipinski definition) is 2. The largest absolute Gasteiger partial charge is 0.370 e. The maximum atomic E-state index is 11.8. The van der Waals surface area contributed by atoms with Gasteiger partial charge in [0.1, 0.15) is 11.6 Å². The molecule has 0 aliphatic rings. The minimum absolute atomic E-state index is 0.0254. The van der Waals surface area contributed by atoms with Crippen molar-refractivity contribution in [1.29, 1.82) is 0 Å². The summed E-state index contributed by atoms with van der Waals surface area (Å²) in [5.74, 6) is 1.60. The van der Waals surface area contributed by atoms with E-state index in [4.69, 9.17) is 0 Å². The lowest BCUT2D eigenvalue weighted by atomic mass is 10.1. The van der Waals surface area contributed by atoms with Gasteiger partial charge in [-0.05, 0) is 19.8 Å². The van der Waals surface area contributed by atoms with Crippen LogP contribution in [0.1, 0.15) is 31.2 Å². The van der Waals surface area contributed by atoms with Crippen LogP contribution < -0.4 is 10.9 Å². The first-order chi connectivity index (χ1) is 7.10. The third-order valence-corrected chi connectivity index (χ3v) is 3.46.